The van der Waals surface area contributed by atoms with Crippen molar-refractivity contribution in [1.29, 1.82) is 0 Å². The number of benzene rings is 1. The number of nitrogens with one attached hydrogen (secondary N) is 1. The molecular formula is C17H19NO5S. The number of rotatable bonds is 8. The van der Waals surface area contributed by atoms with Crippen LogP contribution in [0.5, 0.6) is 5.75 Å². The largest absolute Gasteiger partial charge is 0.461 e. The Kier molecular flexibility index (Phi) is 9.85. The maximum Gasteiger partial charge on any atom is 0.412 e. The fourth-order valence-electron chi connectivity index (χ4n) is 1.43. The quantitative estimate of drug-likeness (QED) is 0.255. The minimum atomic E-state index is -0.631. The molecule has 0 radical (unpaired) electrons. The van der Waals surface area contributed by atoms with E-state index in [1.54, 1.807) is 36.0 Å². The lowest BCUT2D eigenvalue weighted by Crippen LogP contribution is -2.30. The van der Waals surface area contributed by atoms with E-state index in [4.69, 9.17) is 14.2 Å². The fourth-order valence-corrected chi connectivity index (χ4v) is 1.68. The summed E-state index contributed by atoms with van der Waals surface area (Å²) in [6, 6.07) is 6.78. The second-order valence-electron chi connectivity index (χ2n) is 4.27. The van der Waals surface area contributed by atoms with Crippen LogP contribution in [0.15, 0.2) is 36.9 Å². The number of hydrogen-bond acceptors (Lipinski definition) is 6. The van der Waals surface area contributed by atoms with Crippen LogP contribution in [0.4, 0.5) is 4.79 Å². The molecule has 0 atom stereocenters. The highest BCUT2D eigenvalue weighted by atomic mass is 32.2. The lowest BCUT2D eigenvalue weighted by molar-refractivity contribution is -0.137. The first-order valence-electron chi connectivity index (χ1n) is 7.06. The highest BCUT2D eigenvalue weighted by Crippen LogP contribution is 2.11. The molecule has 0 aliphatic carbocycles. The Balaban J connectivity index is 2.31. The molecule has 1 aromatic carbocycles. The molecule has 0 spiro atoms. The van der Waals surface area contributed by atoms with Gasteiger partial charge in [0.25, 0.3) is 0 Å². The molecule has 1 rings (SSSR count). The second-order valence-corrected chi connectivity index (χ2v) is 5.08. The Morgan fingerprint density at radius 2 is 2.08 bits per heavy atom. The number of carbonyl (C=O) groups is 2. The van der Waals surface area contributed by atoms with Crippen molar-refractivity contribution in [2.45, 2.75) is 0 Å². The van der Waals surface area contributed by atoms with Gasteiger partial charge in [-0.3, -0.25) is 0 Å². The first-order chi connectivity index (χ1) is 11.7. The third-order valence-corrected chi connectivity index (χ3v) is 2.86. The summed E-state index contributed by atoms with van der Waals surface area (Å²) in [6.45, 7) is 3.84. The summed E-state index contributed by atoms with van der Waals surface area (Å²) >= 11 is 1.59. The standard InChI is InChI=1S/C17H19NO5S/c1-3-16(19)22-12-10-18-17(20)23-15-8-6-14(7-9-15)5-4-11-21-13-24-2/h3,6-9H,1,10-13H2,2H3,(H,18,20). The number of esters is 1. The van der Waals surface area contributed by atoms with Gasteiger partial charge in [-0.25, -0.2) is 9.59 Å². The van der Waals surface area contributed by atoms with Gasteiger partial charge in [-0.05, 0) is 30.5 Å². The molecule has 0 saturated heterocycles. The van der Waals surface area contributed by atoms with E-state index in [-0.39, 0.29) is 13.2 Å². The molecule has 24 heavy (non-hydrogen) atoms. The van der Waals surface area contributed by atoms with Gasteiger partial charge in [0.1, 0.15) is 19.0 Å². The van der Waals surface area contributed by atoms with Crippen molar-refractivity contribution in [3.05, 3.63) is 42.5 Å². The summed E-state index contributed by atoms with van der Waals surface area (Å²) in [5.74, 6) is 6.30. The molecule has 0 aromatic heterocycles. The molecule has 128 valence electrons. The van der Waals surface area contributed by atoms with Crippen LogP contribution in [0.2, 0.25) is 0 Å². The highest BCUT2D eigenvalue weighted by molar-refractivity contribution is 7.98. The van der Waals surface area contributed by atoms with Crippen molar-refractivity contribution in [2.24, 2.45) is 0 Å². The smallest absolute Gasteiger partial charge is 0.412 e. The summed E-state index contributed by atoms with van der Waals surface area (Å²) in [5.41, 5.74) is 0.798. The number of hydrogen-bond donors (Lipinski definition) is 1. The van der Waals surface area contributed by atoms with E-state index in [0.29, 0.717) is 18.3 Å². The van der Waals surface area contributed by atoms with Crippen LogP contribution in [-0.4, -0.2) is 44.0 Å². The van der Waals surface area contributed by atoms with Crippen LogP contribution in [0.3, 0.4) is 0 Å². The molecule has 1 amide bonds. The van der Waals surface area contributed by atoms with Crippen LogP contribution < -0.4 is 10.1 Å². The molecule has 0 fully saturated rings. The first kappa shape index (κ1) is 19.6. The zero-order valence-corrected chi connectivity index (χ0v) is 14.2. The van der Waals surface area contributed by atoms with E-state index in [1.807, 2.05) is 6.26 Å². The molecule has 0 heterocycles. The minimum Gasteiger partial charge on any atom is -0.461 e. The van der Waals surface area contributed by atoms with Gasteiger partial charge in [0.15, 0.2) is 0 Å². The van der Waals surface area contributed by atoms with E-state index in [9.17, 15) is 9.59 Å². The van der Waals surface area contributed by atoms with Gasteiger partial charge in [-0.15, -0.1) is 11.8 Å². The van der Waals surface area contributed by atoms with E-state index in [1.165, 1.54) is 0 Å². The number of amides is 1. The van der Waals surface area contributed by atoms with Gasteiger partial charge in [0.05, 0.1) is 12.5 Å². The summed E-state index contributed by atoms with van der Waals surface area (Å²) < 4.78 is 15.0. The maximum absolute atomic E-state index is 11.5. The number of ether oxygens (including phenoxy) is 3. The Labute approximate surface area is 145 Å². The molecule has 0 aliphatic rings. The topological polar surface area (TPSA) is 73.9 Å². The van der Waals surface area contributed by atoms with Crippen molar-refractivity contribution in [3.63, 3.8) is 0 Å². The third kappa shape index (κ3) is 8.88. The van der Waals surface area contributed by atoms with Crippen molar-refractivity contribution < 1.29 is 23.8 Å². The molecule has 6 nitrogen and oxygen atoms in total. The van der Waals surface area contributed by atoms with Gasteiger partial charge in [0, 0.05) is 11.6 Å². The van der Waals surface area contributed by atoms with Gasteiger partial charge in [-0.1, -0.05) is 18.4 Å². The average molecular weight is 349 g/mol. The van der Waals surface area contributed by atoms with Crippen molar-refractivity contribution >= 4 is 23.8 Å². The average Bonchev–Trinajstić information content (AvgIpc) is 2.59. The van der Waals surface area contributed by atoms with E-state index < -0.39 is 12.1 Å². The van der Waals surface area contributed by atoms with Crippen LogP contribution in [0.25, 0.3) is 0 Å². The first-order valence-corrected chi connectivity index (χ1v) is 8.45. The van der Waals surface area contributed by atoms with E-state index in [2.05, 4.69) is 23.7 Å². The second kappa shape index (κ2) is 12.0. The fraction of sp³-hybridized carbons (Fsp3) is 0.294. The lowest BCUT2D eigenvalue weighted by atomic mass is 10.2. The van der Waals surface area contributed by atoms with Crippen molar-refractivity contribution in [3.8, 4) is 17.6 Å². The van der Waals surface area contributed by atoms with Crippen molar-refractivity contribution in [1.82, 2.24) is 5.32 Å². The van der Waals surface area contributed by atoms with Crippen LogP contribution in [0.1, 0.15) is 5.56 Å². The Hall–Kier alpha value is -2.43. The SMILES string of the molecule is C=CC(=O)OCCNC(=O)Oc1ccc(C#CCOCSC)cc1. The highest BCUT2D eigenvalue weighted by Gasteiger charge is 2.04. The molecule has 0 saturated carbocycles. The lowest BCUT2D eigenvalue weighted by Gasteiger charge is -2.06. The van der Waals surface area contributed by atoms with Gasteiger partial charge >= 0.3 is 12.1 Å². The number of thioether (sulfide) groups is 1. The summed E-state index contributed by atoms with van der Waals surface area (Å²) in [4.78, 5) is 22.3. The Morgan fingerprint density at radius 3 is 2.75 bits per heavy atom. The van der Waals surface area contributed by atoms with Crippen LogP contribution in [0, 0.1) is 11.8 Å². The predicted molar refractivity (Wildman–Crippen MR) is 92.8 cm³/mol. The van der Waals surface area contributed by atoms with Crippen molar-refractivity contribution in [2.75, 3.05) is 32.0 Å². The maximum atomic E-state index is 11.5. The van der Waals surface area contributed by atoms with E-state index in [0.717, 1.165) is 11.6 Å². The molecular weight excluding hydrogens is 330 g/mol. The van der Waals surface area contributed by atoms with Crippen LogP contribution >= 0.6 is 11.8 Å². The Bertz CT molecular complexity index is 604. The molecule has 0 unspecified atom stereocenters. The van der Waals surface area contributed by atoms with Crippen LogP contribution in [-0.2, 0) is 14.3 Å². The zero-order chi connectivity index (χ0) is 17.6. The summed E-state index contributed by atoms with van der Waals surface area (Å²) in [7, 11) is 0. The number of carbonyl (C=O) groups excluding carboxylic acids is 2. The van der Waals surface area contributed by atoms with Gasteiger partial charge in [-0.2, -0.15) is 0 Å². The van der Waals surface area contributed by atoms with Gasteiger partial charge < -0.3 is 19.5 Å². The minimum absolute atomic E-state index is 0.0487. The predicted octanol–water partition coefficient (Wildman–Crippen LogP) is 2.19. The third-order valence-electron chi connectivity index (χ3n) is 2.46. The molecule has 0 bridgehead atoms. The zero-order valence-electron chi connectivity index (χ0n) is 13.4. The monoisotopic (exact) mass is 349 g/mol. The Morgan fingerprint density at radius 1 is 1.33 bits per heavy atom. The summed E-state index contributed by atoms with van der Waals surface area (Å²) in [6.07, 6.45) is 2.38. The molecule has 1 aromatic rings. The molecule has 1 N–H and O–H groups in total. The van der Waals surface area contributed by atoms with E-state index >= 15 is 0 Å². The normalized spacial score (nSPS) is 9.38. The molecule has 7 heteroatoms. The summed E-state index contributed by atoms with van der Waals surface area (Å²) in [5, 5.41) is 2.46. The van der Waals surface area contributed by atoms with Gasteiger partial charge in [0.2, 0.25) is 0 Å². The molecule has 0 aliphatic heterocycles.